The van der Waals surface area contributed by atoms with Gasteiger partial charge in [0.15, 0.2) is 0 Å². The Morgan fingerprint density at radius 3 is 2.14 bits per heavy atom. The molecule has 5 aromatic rings. The van der Waals surface area contributed by atoms with E-state index in [-0.39, 0.29) is 17.7 Å². The van der Waals surface area contributed by atoms with E-state index >= 15 is 0 Å². The molecule has 7 nitrogen and oxygen atoms in total. The zero-order chi connectivity index (χ0) is 24.5. The van der Waals surface area contributed by atoms with Crippen LogP contribution < -0.4 is 16.6 Å². The SMILES string of the molecule is Cc1nc2sc(-c3ccccc3)cc2c(=O)n1CC(=O)Nc1sc(-c2ccccc2)cc1C(N)=O. The topological polar surface area (TPSA) is 107 Å². The number of carbonyl (C=O) groups excluding carboxylic acids is 2. The first-order chi connectivity index (χ1) is 16.9. The molecule has 174 valence electrons. The van der Waals surface area contributed by atoms with E-state index in [4.69, 9.17) is 5.73 Å². The van der Waals surface area contributed by atoms with E-state index in [9.17, 15) is 14.4 Å². The summed E-state index contributed by atoms with van der Waals surface area (Å²) in [5, 5.41) is 3.57. The Labute approximate surface area is 208 Å². The van der Waals surface area contributed by atoms with Crippen molar-refractivity contribution in [3.05, 3.63) is 94.5 Å². The number of fused-ring (bicyclic) bond motifs is 1. The molecule has 9 heteroatoms. The molecule has 0 unspecified atom stereocenters. The van der Waals surface area contributed by atoms with Gasteiger partial charge in [-0.2, -0.15) is 0 Å². The Balaban J connectivity index is 1.44. The Kier molecular flexibility index (Phi) is 6.02. The maximum absolute atomic E-state index is 13.2. The fraction of sp³-hybridized carbons (Fsp3) is 0.0769. The average Bonchev–Trinajstić information content (AvgIpc) is 3.48. The van der Waals surface area contributed by atoms with Crippen LogP contribution in [0.5, 0.6) is 0 Å². The van der Waals surface area contributed by atoms with Gasteiger partial charge in [0, 0.05) is 9.75 Å². The molecule has 3 heterocycles. The van der Waals surface area contributed by atoms with E-state index in [2.05, 4.69) is 10.3 Å². The number of rotatable bonds is 6. The predicted octanol–water partition coefficient (Wildman–Crippen LogP) is 4.90. The van der Waals surface area contributed by atoms with Crippen LogP contribution in [0.1, 0.15) is 16.2 Å². The standard InChI is InChI=1S/C26H20N4O3S2/c1-15-28-25-19(13-21(35-25)17-10-6-3-7-11-17)26(33)30(15)14-22(31)29-24-18(23(27)32)12-20(34-24)16-8-4-2-5-9-16/h2-13H,14H2,1H3,(H2,27,32)(H,29,31). The molecule has 0 saturated heterocycles. The molecule has 3 N–H and O–H groups in total. The minimum absolute atomic E-state index is 0.227. The summed E-state index contributed by atoms with van der Waals surface area (Å²) in [6.45, 7) is 1.46. The normalized spacial score (nSPS) is 11.0. The summed E-state index contributed by atoms with van der Waals surface area (Å²) in [5.74, 6) is -0.647. The number of aryl methyl sites for hydroxylation is 1. The zero-order valence-corrected chi connectivity index (χ0v) is 20.3. The summed E-state index contributed by atoms with van der Waals surface area (Å²) in [4.78, 5) is 45.1. The summed E-state index contributed by atoms with van der Waals surface area (Å²) in [6.07, 6.45) is 0. The van der Waals surface area contributed by atoms with E-state index in [1.807, 2.05) is 66.7 Å². The lowest BCUT2D eigenvalue weighted by molar-refractivity contribution is -0.116. The summed E-state index contributed by atoms with van der Waals surface area (Å²) in [5.41, 5.74) is 7.40. The third-order valence-corrected chi connectivity index (χ3v) is 7.69. The van der Waals surface area contributed by atoms with Crippen molar-refractivity contribution in [1.29, 1.82) is 0 Å². The number of aromatic nitrogens is 2. The quantitative estimate of drug-likeness (QED) is 0.346. The molecule has 2 amide bonds. The predicted molar refractivity (Wildman–Crippen MR) is 141 cm³/mol. The minimum atomic E-state index is -0.637. The molecule has 0 fully saturated rings. The lowest BCUT2D eigenvalue weighted by Gasteiger charge is -2.09. The number of nitrogens with one attached hydrogen (secondary N) is 1. The molecule has 2 aromatic carbocycles. The van der Waals surface area contributed by atoms with Crippen LogP contribution in [0.4, 0.5) is 5.00 Å². The van der Waals surface area contributed by atoms with Crippen LogP contribution in [-0.4, -0.2) is 21.4 Å². The molecule has 0 bridgehead atoms. The van der Waals surface area contributed by atoms with Crippen molar-refractivity contribution < 1.29 is 9.59 Å². The van der Waals surface area contributed by atoms with Gasteiger partial charge in [-0.25, -0.2) is 4.98 Å². The van der Waals surface area contributed by atoms with Crippen molar-refractivity contribution in [2.45, 2.75) is 13.5 Å². The van der Waals surface area contributed by atoms with Gasteiger partial charge in [-0.15, -0.1) is 22.7 Å². The summed E-state index contributed by atoms with van der Waals surface area (Å²) < 4.78 is 1.34. The van der Waals surface area contributed by atoms with Crippen molar-refractivity contribution >= 4 is 49.7 Å². The second-order valence-electron chi connectivity index (χ2n) is 7.88. The molecule has 0 aliphatic heterocycles. The zero-order valence-electron chi connectivity index (χ0n) is 18.6. The summed E-state index contributed by atoms with van der Waals surface area (Å²) in [7, 11) is 0. The van der Waals surface area contributed by atoms with Crippen LogP contribution in [-0.2, 0) is 11.3 Å². The van der Waals surface area contributed by atoms with Crippen LogP contribution in [0.15, 0.2) is 77.6 Å². The average molecular weight is 501 g/mol. The monoisotopic (exact) mass is 500 g/mol. The van der Waals surface area contributed by atoms with E-state index in [1.165, 1.54) is 27.2 Å². The molecular formula is C26H20N4O3S2. The Hall–Kier alpha value is -4.08. The van der Waals surface area contributed by atoms with Crippen molar-refractivity contribution in [2.75, 3.05) is 5.32 Å². The van der Waals surface area contributed by atoms with Gasteiger partial charge in [-0.3, -0.25) is 19.0 Å². The highest BCUT2D eigenvalue weighted by Gasteiger charge is 2.19. The lowest BCUT2D eigenvalue weighted by atomic mass is 10.1. The minimum Gasteiger partial charge on any atom is -0.366 e. The second-order valence-corrected chi connectivity index (χ2v) is 9.96. The fourth-order valence-corrected chi connectivity index (χ4v) is 5.93. The second kappa shape index (κ2) is 9.28. The number of primary amides is 1. The number of hydrogen-bond acceptors (Lipinski definition) is 6. The van der Waals surface area contributed by atoms with E-state index in [0.717, 1.165) is 20.9 Å². The van der Waals surface area contributed by atoms with Gasteiger partial charge < -0.3 is 11.1 Å². The first kappa shape index (κ1) is 22.7. The molecule has 0 aliphatic rings. The lowest BCUT2D eigenvalue weighted by Crippen LogP contribution is -2.30. The first-order valence-electron chi connectivity index (χ1n) is 10.8. The molecule has 0 saturated carbocycles. The number of thiophene rings is 2. The number of benzene rings is 2. The molecule has 35 heavy (non-hydrogen) atoms. The van der Waals surface area contributed by atoms with Gasteiger partial charge in [0.1, 0.15) is 22.2 Å². The van der Waals surface area contributed by atoms with Crippen LogP contribution in [0, 0.1) is 6.92 Å². The maximum Gasteiger partial charge on any atom is 0.262 e. The number of amides is 2. The number of carbonyl (C=O) groups is 2. The van der Waals surface area contributed by atoms with Crippen LogP contribution in [0.3, 0.4) is 0 Å². The van der Waals surface area contributed by atoms with Gasteiger partial charge in [-0.05, 0) is 30.2 Å². The fourth-order valence-electron chi connectivity index (χ4n) is 3.77. The van der Waals surface area contributed by atoms with Gasteiger partial charge in [0.25, 0.3) is 11.5 Å². The molecule has 0 spiro atoms. The molecule has 5 rings (SSSR count). The van der Waals surface area contributed by atoms with Crippen molar-refractivity contribution in [1.82, 2.24) is 9.55 Å². The molecule has 0 aliphatic carbocycles. The van der Waals surface area contributed by atoms with E-state index < -0.39 is 11.8 Å². The van der Waals surface area contributed by atoms with E-state index in [1.54, 1.807) is 13.0 Å². The molecular weight excluding hydrogens is 480 g/mol. The number of nitrogens with zero attached hydrogens (tertiary/aromatic N) is 2. The maximum atomic E-state index is 13.2. The van der Waals surface area contributed by atoms with E-state index in [0.29, 0.717) is 21.0 Å². The van der Waals surface area contributed by atoms with Gasteiger partial charge in [0.2, 0.25) is 5.91 Å². The number of anilines is 1. The Morgan fingerprint density at radius 1 is 0.943 bits per heavy atom. The van der Waals surface area contributed by atoms with Crippen LogP contribution in [0.25, 0.3) is 31.1 Å². The Morgan fingerprint density at radius 2 is 1.54 bits per heavy atom. The first-order valence-corrected chi connectivity index (χ1v) is 12.4. The largest absolute Gasteiger partial charge is 0.366 e. The van der Waals surface area contributed by atoms with Crippen LogP contribution >= 0.6 is 22.7 Å². The van der Waals surface area contributed by atoms with Crippen LogP contribution in [0.2, 0.25) is 0 Å². The highest BCUT2D eigenvalue weighted by atomic mass is 32.1. The third kappa shape index (κ3) is 4.51. The summed E-state index contributed by atoms with van der Waals surface area (Å²) in [6, 6.07) is 22.8. The van der Waals surface area contributed by atoms with Crippen molar-refractivity contribution in [2.24, 2.45) is 5.73 Å². The number of hydrogen-bond donors (Lipinski definition) is 2. The molecule has 0 radical (unpaired) electrons. The van der Waals surface area contributed by atoms with Gasteiger partial charge >= 0.3 is 0 Å². The van der Waals surface area contributed by atoms with Gasteiger partial charge in [0.05, 0.1) is 10.9 Å². The molecule has 0 atom stereocenters. The highest BCUT2D eigenvalue weighted by Crippen LogP contribution is 2.35. The Bertz CT molecular complexity index is 1620. The van der Waals surface area contributed by atoms with Gasteiger partial charge in [-0.1, -0.05) is 60.7 Å². The van der Waals surface area contributed by atoms with Crippen molar-refractivity contribution in [3.8, 4) is 20.9 Å². The smallest absolute Gasteiger partial charge is 0.262 e. The summed E-state index contributed by atoms with van der Waals surface area (Å²) >= 11 is 2.70. The molecule has 3 aromatic heterocycles. The number of nitrogens with two attached hydrogens (primary N) is 1. The third-order valence-electron chi connectivity index (χ3n) is 5.51. The highest BCUT2D eigenvalue weighted by molar-refractivity contribution is 7.21. The van der Waals surface area contributed by atoms with Crippen molar-refractivity contribution in [3.63, 3.8) is 0 Å².